The van der Waals surface area contributed by atoms with Gasteiger partial charge in [0.1, 0.15) is 0 Å². The van der Waals surface area contributed by atoms with Crippen LogP contribution in [0.1, 0.15) is 10.5 Å². The van der Waals surface area contributed by atoms with Gasteiger partial charge in [-0.15, -0.1) is 0 Å². The SMILES string of the molecule is O=C(c1cn[nH]n1)N1CCOCC1CO. The standard InChI is InChI=1S/C8H12N4O3/c13-4-6-5-15-2-1-12(6)8(14)7-3-9-11-10-7/h3,6,13H,1-2,4-5H2,(H,9,10,11). The number of nitrogens with one attached hydrogen (secondary N) is 1. The van der Waals surface area contributed by atoms with Crippen molar-refractivity contribution in [2.24, 2.45) is 0 Å². The minimum Gasteiger partial charge on any atom is -0.394 e. The monoisotopic (exact) mass is 212 g/mol. The lowest BCUT2D eigenvalue weighted by atomic mass is 10.2. The quantitative estimate of drug-likeness (QED) is 0.631. The summed E-state index contributed by atoms with van der Waals surface area (Å²) in [5, 5.41) is 18.8. The number of hydrogen-bond acceptors (Lipinski definition) is 5. The van der Waals surface area contributed by atoms with Gasteiger partial charge < -0.3 is 14.7 Å². The molecule has 1 aliphatic rings. The smallest absolute Gasteiger partial charge is 0.276 e. The minimum atomic E-state index is -0.289. The van der Waals surface area contributed by atoms with Crippen LogP contribution in [0.25, 0.3) is 0 Å². The molecule has 0 aliphatic carbocycles. The van der Waals surface area contributed by atoms with Crippen LogP contribution in [-0.2, 0) is 4.74 Å². The van der Waals surface area contributed by atoms with Crippen LogP contribution in [0.2, 0.25) is 0 Å². The number of rotatable bonds is 2. The largest absolute Gasteiger partial charge is 0.394 e. The zero-order valence-electron chi connectivity index (χ0n) is 8.09. The number of morpholine rings is 1. The van der Waals surface area contributed by atoms with Crippen molar-refractivity contribution in [3.8, 4) is 0 Å². The van der Waals surface area contributed by atoms with E-state index >= 15 is 0 Å². The highest BCUT2D eigenvalue weighted by atomic mass is 16.5. The van der Waals surface area contributed by atoms with Gasteiger partial charge in [0.2, 0.25) is 0 Å². The summed E-state index contributed by atoms with van der Waals surface area (Å²) in [4.78, 5) is 13.4. The van der Waals surface area contributed by atoms with Crippen LogP contribution >= 0.6 is 0 Å². The van der Waals surface area contributed by atoms with Crippen molar-refractivity contribution in [3.63, 3.8) is 0 Å². The van der Waals surface area contributed by atoms with E-state index in [-0.39, 0.29) is 24.2 Å². The number of aliphatic hydroxyl groups is 1. The van der Waals surface area contributed by atoms with Crippen molar-refractivity contribution in [3.05, 3.63) is 11.9 Å². The van der Waals surface area contributed by atoms with Crippen LogP contribution in [0.5, 0.6) is 0 Å². The van der Waals surface area contributed by atoms with E-state index < -0.39 is 0 Å². The number of H-pyrrole nitrogens is 1. The zero-order chi connectivity index (χ0) is 10.7. The molecule has 0 saturated carbocycles. The lowest BCUT2D eigenvalue weighted by Gasteiger charge is -2.33. The Labute approximate surface area is 86.0 Å². The van der Waals surface area contributed by atoms with Crippen LogP contribution in [0.15, 0.2) is 6.20 Å². The first-order valence-corrected chi connectivity index (χ1v) is 4.68. The van der Waals surface area contributed by atoms with Gasteiger partial charge in [0.05, 0.1) is 32.1 Å². The van der Waals surface area contributed by atoms with Gasteiger partial charge in [-0.05, 0) is 0 Å². The van der Waals surface area contributed by atoms with Gasteiger partial charge in [0.25, 0.3) is 5.91 Å². The highest BCUT2D eigenvalue weighted by Crippen LogP contribution is 2.09. The second kappa shape index (κ2) is 4.37. The molecule has 1 aromatic rings. The Morgan fingerprint density at radius 1 is 1.80 bits per heavy atom. The van der Waals surface area contributed by atoms with E-state index in [2.05, 4.69) is 15.4 Å². The average Bonchev–Trinajstić information content (AvgIpc) is 2.81. The molecule has 1 unspecified atom stereocenters. The fraction of sp³-hybridized carbons (Fsp3) is 0.625. The summed E-state index contributed by atoms with van der Waals surface area (Å²) >= 11 is 0. The maximum Gasteiger partial charge on any atom is 0.276 e. The maximum atomic E-state index is 11.9. The van der Waals surface area contributed by atoms with E-state index in [9.17, 15) is 4.79 Å². The van der Waals surface area contributed by atoms with Crippen LogP contribution < -0.4 is 0 Å². The van der Waals surface area contributed by atoms with Crippen LogP contribution in [0.4, 0.5) is 0 Å². The Hall–Kier alpha value is -1.47. The fourth-order valence-corrected chi connectivity index (χ4v) is 1.53. The summed E-state index contributed by atoms with van der Waals surface area (Å²) in [6.45, 7) is 1.21. The number of carbonyl (C=O) groups is 1. The maximum absolute atomic E-state index is 11.9. The first-order chi connectivity index (χ1) is 7.33. The topological polar surface area (TPSA) is 91.3 Å². The molecule has 82 valence electrons. The number of aliphatic hydroxyl groups excluding tert-OH is 1. The molecule has 2 rings (SSSR count). The van der Waals surface area contributed by atoms with Crippen molar-refractivity contribution < 1.29 is 14.6 Å². The summed E-state index contributed by atoms with van der Waals surface area (Å²) in [5.41, 5.74) is 0.260. The Kier molecular flexibility index (Phi) is 2.93. The van der Waals surface area contributed by atoms with Gasteiger partial charge >= 0.3 is 0 Å². The predicted octanol–water partition coefficient (Wildman–Crippen LogP) is -1.36. The predicted molar refractivity (Wildman–Crippen MR) is 49.1 cm³/mol. The fourth-order valence-electron chi connectivity index (χ4n) is 1.53. The molecule has 1 fully saturated rings. The Morgan fingerprint density at radius 3 is 3.33 bits per heavy atom. The molecular weight excluding hydrogens is 200 g/mol. The molecule has 15 heavy (non-hydrogen) atoms. The van der Waals surface area contributed by atoms with E-state index in [1.165, 1.54) is 6.20 Å². The van der Waals surface area contributed by atoms with Crippen molar-refractivity contribution in [2.45, 2.75) is 6.04 Å². The van der Waals surface area contributed by atoms with Crippen molar-refractivity contribution in [2.75, 3.05) is 26.4 Å². The van der Waals surface area contributed by atoms with Crippen LogP contribution in [0, 0.1) is 0 Å². The van der Waals surface area contributed by atoms with Crippen molar-refractivity contribution in [1.82, 2.24) is 20.3 Å². The second-order valence-corrected chi connectivity index (χ2v) is 3.27. The van der Waals surface area contributed by atoms with E-state index in [1.807, 2.05) is 0 Å². The highest BCUT2D eigenvalue weighted by molar-refractivity contribution is 5.92. The van der Waals surface area contributed by atoms with Gasteiger partial charge in [-0.2, -0.15) is 15.4 Å². The van der Waals surface area contributed by atoms with E-state index in [1.54, 1.807) is 4.90 Å². The number of aromatic amines is 1. The normalized spacial score (nSPS) is 21.7. The third kappa shape index (κ3) is 1.97. The number of aromatic nitrogens is 3. The first-order valence-electron chi connectivity index (χ1n) is 4.68. The molecular formula is C8H12N4O3. The summed E-state index contributed by atoms with van der Waals surface area (Å²) in [6, 6.07) is -0.289. The molecule has 1 aromatic heterocycles. The molecule has 2 heterocycles. The summed E-state index contributed by atoms with van der Waals surface area (Å²) in [7, 11) is 0. The molecule has 2 N–H and O–H groups in total. The van der Waals surface area contributed by atoms with E-state index in [0.29, 0.717) is 19.8 Å². The van der Waals surface area contributed by atoms with E-state index in [4.69, 9.17) is 9.84 Å². The van der Waals surface area contributed by atoms with E-state index in [0.717, 1.165) is 0 Å². The third-order valence-corrected chi connectivity index (χ3v) is 2.33. The molecule has 1 aliphatic heterocycles. The van der Waals surface area contributed by atoms with Crippen molar-refractivity contribution in [1.29, 1.82) is 0 Å². The molecule has 1 atom stereocenters. The zero-order valence-corrected chi connectivity index (χ0v) is 8.09. The Balaban J connectivity index is 2.11. The molecule has 7 nitrogen and oxygen atoms in total. The highest BCUT2D eigenvalue weighted by Gasteiger charge is 2.28. The van der Waals surface area contributed by atoms with Gasteiger partial charge in [-0.3, -0.25) is 4.79 Å². The van der Waals surface area contributed by atoms with Gasteiger partial charge in [-0.1, -0.05) is 0 Å². The number of amides is 1. The lowest BCUT2D eigenvalue weighted by Crippen LogP contribution is -2.50. The lowest BCUT2D eigenvalue weighted by molar-refractivity contribution is -0.0186. The number of ether oxygens (including phenoxy) is 1. The molecule has 1 saturated heterocycles. The summed E-state index contributed by atoms with van der Waals surface area (Å²) < 4.78 is 5.17. The molecule has 0 radical (unpaired) electrons. The average molecular weight is 212 g/mol. The van der Waals surface area contributed by atoms with Crippen molar-refractivity contribution >= 4 is 5.91 Å². The molecule has 7 heteroatoms. The third-order valence-electron chi connectivity index (χ3n) is 2.33. The minimum absolute atomic E-state index is 0.108. The molecule has 0 spiro atoms. The van der Waals surface area contributed by atoms with Crippen LogP contribution in [-0.4, -0.2) is 63.7 Å². The van der Waals surface area contributed by atoms with Gasteiger partial charge in [0.15, 0.2) is 5.69 Å². The number of carbonyl (C=O) groups excluding carboxylic acids is 1. The number of hydrogen-bond donors (Lipinski definition) is 2. The first kappa shape index (κ1) is 10.1. The Morgan fingerprint density at radius 2 is 2.67 bits per heavy atom. The van der Waals surface area contributed by atoms with Gasteiger partial charge in [0, 0.05) is 6.54 Å². The second-order valence-electron chi connectivity index (χ2n) is 3.27. The molecule has 0 aromatic carbocycles. The van der Waals surface area contributed by atoms with Crippen LogP contribution in [0.3, 0.4) is 0 Å². The number of nitrogens with zero attached hydrogens (tertiary/aromatic N) is 3. The molecule has 1 amide bonds. The molecule has 0 bridgehead atoms. The van der Waals surface area contributed by atoms with Gasteiger partial charge in [-0.25, -0.2) is 0 Å². The summed E-state index contributed by atoms with van der Waals surface area (Å²) in [6.07, 6.45) is 1.37. The Bertz CT molecular complexity index is 327. The summed E-state index contributed by atoms with van der Waals surface area (Å²) in [5.74, 6) is -0.230.